The van der Waals surface area contributed by atoms with Crippen LogP contribution in [0.2, 0.25) is 0 Å². The minimum Gasteiger partial charge on any atom is -0.0620 e. The predicted octanol–water partition coefficient (Wildman–Crippen LogP) is 4.13. The van der Waals surface area contributed by atoms with E-state index in [1.54, 1.807) is 5.56 Å². The van der Waals surface area contributed by atoms with Crippen molar-refractivity contribution in [1.29, 1.82) is 0 Å². The summed E-state index contributed by atoms with van der Waals surface area (Å²) >= 11 is 0. The zero-order valence-electron chi connectivity index (χ0n) is 10.3. The Morgan fingerprint density at radius 1 is 0.765 bits per heavy atom. The third kappa shape index (κ3) is 2.00. The summed E-state index contributed by atoms with van der Waals surface area (Å²) in [4.78, 5) is 0. The minimum atomic E-state index is 0.632. The van der Waals surface area contributed by atoms with Gasteiger partial charge in [0.15, 0.2) is 0 Å². The normalized spacial score (nSPS) is 18.8. The summed E-state index contributed by atoms with van der Waals surface area (Å²) in [6, 6.07) is 17.8. The first kappa shape index (κ1) is 10.6. The van der Waals surface area contributed by atoms with Crippen molar-refractivity contribution >= 4 is 0 Å². The third-order valence-corrected chi connectivity index (χ3v) is 3.89. The molecule has 2 aromatic rings. The second kappa shape index (κ2) is 4.37. The summed E-state index contributed by atoms with van der Waals surface area (Å²) in [6.07, 6.45) is 3.53. The fourth-order valence-electron chi connectivity index (χ4n) is 2.95. The number of hydrogen-bond donors (Lipinski definition) is 0. The molecule has 0 aliphatic heterocycles. The van der Waals surface area contributed by atoms with Gasteiger partial charge in [-0.1, -0.05) is 55.5 Å². The van der Waals surface area contributed by atoms with Crippen LogP contribution in [0.15, 0.2) is 48.5 Å². The van der Waals surface area contributed by atoms with Crippen LogP contribution in [0.5, 0.6) is 0 Å². The molecular formula is C17H18. The summed E-state index contributed by atoms with van der Waals surface area (Å²) in [5.41, 5.74) is 6.15. The number of benzene rings is 2. The van der Waals surface area contributed by atoms with Crippen molar-refractivity contribution in [3.8, 4) is 0 Å². The quantitative estimate of drug-likeness (QED) is 0.628. The van der Waals surface area contributed by atoms with Crippen LogP contribution in [0.25, 0.3) is 0 Å². The van der Waals surface area contributed by atoms with E-state index in [1.165, 1.54) is 36.0 Å². The van der Waals surface area contributed by atoms with E-state index in [-0.39, 0.29) is 0 Å². The second-order valence-corrected chi connectivity index (χ2v) is 5.07. The maximum Gasteiger partial charge on any atom is -0.0147 e. The number of hydrogen-bond acceptors (Lipinski definition) is 0. The van der Waals surface area contributed by atoms with E-state index in [2.05, 4.69) is 55.5 Å². The summed E-state index contributed by atoms with van der Waals surface area (Å²) in [5.74, 6) is 0.632. The molecule has 0 saturated heterocycles. The number of rotatable bonds is 0. The second-order valence-electron chi connectivity index (χ2n) is 5.07. The van der Waals surface area contributed by atoms with Gasteiger partial charge in [-0.3, -0.25) is 0 Å². The van der Waals surface area contributed by atoms with E-state index in [0.29, 0.717) is 5.92 Å². The van der Waals surface area contributed by atoms with E-state index < -0.39 is 0 Å². The zero-order valence-corrected chi connectivity index (χ0v) is 10.3. The Balaban J connectivity index is 2.03. The highest BCUT2D eigenvalue weighted by Crippen LogP contribution is 2.29. The molecule has 0 heteroatoms. The van der Waals surface area contributed by atoms with Crippen LogP contribution in [-0.2, 0) is 19.3 Å². The van der Waals surface area contributed by atoms with Crippen LogP contribution in [-0.4, -0.2) is 0 Å². The fourth-order valence-corrected chi connectivity index (χ4v) is 2.95. The molecule has 0 amide bonds. The minimum absolute atomic E-state index is 0.632. The molecule has 0 heterocycles. The van der Waals surface area contributed by atoms with Crippen LogP contribution in [0.1, 0.15) is 35.1 Å². The van der Waals surface area contributed by atoms with Gasteiger partial charge < -0.3 is 0 Å². The van der Waals surface area contributed by atoms with Gasteiger partial charge in [-0.25, -0.2) is 0 Å². The van der Waals surface area contributed by atoms with E-state index in [1.807, 2.05) is 0 Å². The van der Waals surface area contributed by atoms with Gasteiger partial charge in [0, 0.05) is 0 Å². The fraction of sp³-hybridized carbons (Fsp3) is 0.294. The zero-order chi connectivity index (χ0) is 11.7. The number of aryl methyl sites for hydroxylation is 2. The summed E-state index contributed by atoms with van der Waals surface area (Å²) in [5, 5.41) is 0. The Morgan fingerprint density at radius 3 is 2.18 bits per heavy atom. The maximum absolute atomic E-state index is 2.35. The SMILES string of the molecule is CC1Cc2ccccc2CCc2ccccc21. The van der Waals surface area contributed by atoms with E-state index in [4.69, 9.17) is 0 Å². The number of fused-ring (bicyclic) bond motifs is 2. The molecule has 0 bridgehead atoms. The lowest BCUT2D eigenvalue weighted by Gasteiger charge is -2.22. The van der Waals surface area contributed by atoms with Crippen LogP contribution in [0.3, 0.4) is 0 Å². The van der Waals surface area contributed by atoms with Crippen molar-refractivity contribution in [1.82, 2.24) is 0 Å². The molecule has 1 atom stereocenters. The topological polar surface area (TPSA) is 0 Å². The van der Waals surface area contributed by atoms with Crippen molar-refractivity contribution in [2.75, 3.05) is 0 Å². The molecule has 0 radical (unpaired) electrons. The molecule has 3 rings (SSSR count). The Morgan fingerprint density at radius 2 is 1.35 bits per heavy atom. The van der Waals surface area contributed by atoms with Crippen LogP contribution in [0, 0.1) is 0 Å². The molecule has 1 aliphatic carbocycles. The van der Waals surface area contributed by atoms with Crippen molar-refractivity contribution in [2.45, 2.75) is 32.1 Å². The van der Waals surface area contributed by atoms with Crippen molar-refractivity contribution in [3.63, 3.8) is 0 Å². The molecule has 0 spiro atoms. The van der Waals surface area contributed by atoms with Gasteiger partial charge in [-0.2, -0.15) is 0 Å². The van der Waals surface area contributed by atoms with E-state index >= 15 is 0 Å². The lowest BCUT2D eigenvalue weighted by molar-refractivity contribution is 0.717. The molecule has 1 aliphatic rings. The highest BCUT2D eigenvalue weighted by atomic mass is 14.2. The van der Waals surface area contributed by atoms with Crippen molar-refractivity contribution in [3.05, 3.63) is 70.8 Å². The van der Waals surface area contributed by atoms with Gasteiger partial charge in [0.2, 0.25) is 0 Å². The first-order valence-electron chi connectivity index (χ1n) is 6.49. The Kier molecular flexibility index (Phi) is 2.72. The summed E-state index contributed by atoms with van der Waals surface area (Å²) in [7, 11) is 0. The monoisotopic (exact) mass is 222 g/mol. The molecule has 0 nitrogen and oxygen atoms in total. The van der Waals surface area contributed by atoms with Crippen molar-refractivity contribution < 1.29 is 0 Å². The molecule has 0 N–H and O–H groups in total. The van der Waals surface area contributed by atoms with Gasteiger partial charge in [-0.15, -0.1) is 0 Å². The highest BCUT2D eigenvalue weighted by molar-refractivity contribution is 5.37. The highest BCUT2D eigenvalue weighted by Gasteiger charge is 2.16. The molecule has 1 unspecified atom stereocenters. The summed E-state index contributed by atoms with van der Waals surface area (Å²) in [6.45, 7) is 2.35. The average molecular weight is 222 g/mol. The smallest absolute Gasteiger partial charge is 0.0147 e. The van der Waals surface area contributed by atoms with Crippen LogP contribution in [0.4, 0.5) is 0 Å². The summed E-state index contributed by atoms with van der Waals surface area (Å²) < 4.78 is 0. The maximum atomic E-state index is 2.35. The molecule has 86 valence electrons. The lowest BCUT2D eigenvalue weighted by Crippen LogP contribution is -2.09. The largest absolute Gasteiger partial charge is 0.0620 e. The van der Waals surface area contributed by atoms with Gasteiger partial charge in [-0.05, 0) is 47.4 Å². The Labute approximate surface area is 103 Å². The molecule has 0 saturated carbocycles. The molecule has 0 fully saturated rings. The van der Waals surface area contributed by atoms with Crippen molar-refractivity contribution in [2.24, 2.45) is 0 Å². The Bertz CT molecular complexity index is 525. The molecule has 2 aromatic carbocycles. The van der Waals surface area contributed by atoms with Gasteiger partial charge >= 0.3 is 0 Å². The van der Waals surface area contributed by atoms with E-state index in [9.17, 15) is 0 Å². The molecule has 17 heavy (non-hydrogen) atoms. The predicted molar refractivity (Wildman–Crippen MR) is 72.4 cm³/mol. The first-order valence-corrected chi connectivity index (χ1v) is 6.49. The van der Waals surface area contributed by atoms with Gasteiger partial charge in [0.25, 0.3) is 0 Å². The van der Waals surface area contributed by atoms with Gasteiger partial charge in [0.05, 0.1) is 0 Å². The average Bonchev–Trinajstić information content (AvgIpc) is 2.36. The van der Waals surface area contributed by atoms with Crippen LogP contribution >= 0.6 is 0 Å². The molecule has 0 aromatic heterocycles. The van der Waals surface area contributed by atoms with E-state index in [0.717, 1.165) is 0 Å². The Hall–Kier alpha value is -1.56. The van der Waals surface area contributed by atoms with Crippen LogP contribution < -0.4 is 0 Å². The third-order valence-electron chi connectivity index (χ3n) is 3.89. The lowest BCUT2D eigenvalue weighted by atomic mass is 9.83. The standard InChI is InChI=1S/C17H18/c1-13-12-16-8-3-2-6-14(16)10-11-15-7-4-5-9-17(13)15/h2-9,13H,10-12H2,1H3. The van der Waals surface area contributed by atoms with Gasteiger partial charge in [0.1, 0.15) is 0 Å². The first-order chi connectivity index (χ1) is 8.34. The molecular weight excluding hydrogens is 204 g/mol.